The van der Waals surface area contributed by atoms with Gasteiger partial charge in [-0.3, -0.25) is 4.79 Å². The summed E-state index contributed by atoms with van der Waals surface area (Å²) in [6, 6.07) is 7.54. The minimum absolute atomic E-state index is 0.107. The molecule has 0 aliphatic carbocycles. The molecule has 0 aliphatic rings. The number of hydrogen-bond donors (Lipinski definition) is 0. The smallest absolute Gasteiger partial charge is 0.257 e. The molecule has 0 bridgehead atoms. The van der Waals surface area contributed by atoms with E-state index in [0.717, 1.165) is 25.9 Å². The maximum absolute atomic E-state index is 12.9. The van der Waals surface area contributed by atoms with E-state index in [2.05, 4.69) is 13.8 Å². The fourth-order valence-electron chi connectivity index (χ4n) is 2.77. The van der Waals surface area contributed by atoms with Gasteiger partial charge in [-0.05, 0) is 25.0 Å². The van der Waals surface area contributed by atoms with Crippen LogP contribution in [0.3, 0.4) is 0 Å². The Morgan fingerprint density at radius 2 is 1.48 bits per heavy atom. The van der Waals surface area contributed by atoms with Crippen molar-refractivity contribution < 1.29 is 9.53 Å². The summed E-state index contributed by atoms with van der Waals surface area (Å²) in [5, 5.41) is 0. The van der Waals surface area contributed by atoms with Crippen molar-refractivity contribution in [2.24, 2.45) is 0 Å². The molecule has 0 heterocycles. The second kappa shape index (κ2) is 12.0. The first kappa shape index (κ1) is 19.5. The van der Waals surface area contributed by atoms with Crippen LogP contribution in [-0.2, 0) is 0 Å². The molecule has 1 aromatic carbocycles. The number of nitrogens with zero attached hydrogens (tertiary/aromatic N) is 1. The third-order valence-electron chi connectivity index (χ3n) is 4.19. The zero-order valence-electron chi connectivity index (χ0n) is 15.1. The van der Waals surface area contributed by atoms with Crippen LogP contribution in [-0.4, -0.2) is 31.0 Å². The number of amides is 1. The molecule has 0 aliphatic heterocycles. The SMILES string of the molecule is CCCCCCN(CCCCCC)C(=O)c1ccccc1OC. The lowest BCUT2D eigenvalue weighted by Gasteiger charge is -2.24. The molecule has 0 N–H and O–H groups in total. The highest BCUT2D eigenvalue weighted by Gasteiger charge is 2.18. The van der Waals surface area contributed by atoms with Crippen molar-refractivity contribution in [1.29, 1.82) is 0 Å². The summed E-state index contributed by atoms with van der Waals surface area (Å²) in [7, 11) is 1.62. The number of hydrogen-bond acceptors (Lipinski definition) is 2. The van der Waals surface area contributed by atoms with Gasteiger partial charge in [0.25, 0.3) is 5.91 Å². The van der Waals surface area contributed by atoms with E-state index in [1.54, 1.807) is 7.11 Å². The standard InChI is InChI=1S/C20H33NO2/c1-4-6-8-12-16-21(17-13-9-7-5-2)20(22)18-14-10-11-15-19(18)23-3/h10-11,14-15H,4-9,12-13,16-17H2,1-3H3. The predicted octanol–water partition coefficient (Wildman–Crippen LogP) is 5.30. The molecule has 0 spiro atoms. The summed E-state index contributed by atoms with van der Waals surface area (Å²) in [6.45, 7) is 6.12. The summed E-state index contributed by atoms with van der Waals surface area (Å²) in [4.78, 5) is 14.9. The minimum Gasteiger partial charge on any atom is -0.496 e. The molecule has 0 atom stereocenters. The highest BCUT2D eigenvalue weighted by molar-refractivity contribution is 5.96. The third-order valence-corrected chi connectivity index (χ3v) is 4.19. The Hall–Kier alpha value is -1.51. The molecule has 1 amide bonds. The number of rotatable bonds is 12. The van der Waals surface area contributed by atoms with Crippen molar-refractivity contribution in [1.82, 2.24) is 4.90 Å². The average molecular weight is 319 g/mol. The largest absolute Gasteiger partial charge is 0.496 e. The maximum atomic E-state index is 12.9. The van der Waals surface area contributed by atoms with Gasteiger partial charge in [0.05, 0.1) is 12.7 Å². The highest BCUT2D eigenvalue weighted by Crippen LogP contribution is 2.20. The average Bonchev–Trinajstić information content (AvgIpc) is 2.59. The second-order valence-electron chi connectivity index (χ2n) is 6.11. The molecule has 0 unspecified atom stereocenters. The summed E-state index contributed by atoms with van der Waals surface area (Å²) >= 11 is 0. The van der Waals surface area contributed by atoms with E-state index in [1.165, 1.54) is 38.5 Å². The molecule has 0 radical (unpaired) electrons. The van der Waals surface area contributed by atoms with Crippen LogP contribution in [0.1, 0.15) is 75.6 Å². The molecule has 0 fully saturated rings. The van der Waals surface area contributed by atoms with Gasteiger partial charge in [-0.2, -0.15) is 0 Å². The van der Waals surface area contributed by atoms with Gasteiger partial charge >= 0.3 is 0 Å². The molecule has 23 heavy (non-hydrogen) atoms. The van der Waals surface area contributed by atoms with Crippen LogP contribution in [0.25, 0.3) is 0 Å². The first-order valence-corrected chi connectivity index (χ1v) is 9.16. The molecule has 1 aromatic rings. The van der Waals surface area contributed by atoms with E-state index in [9.17, 15) is 4.79 Å². The number of methoxy groups -OCH3 is 1. The van der Waals surface area contributed by atoms with Crippen LogP contribution in [0.15, 0.2) is 24.3 Å². The fourth-order valence-corrected chi connectivity index (χ4v) is 2.77. The Morgan fingerprint density at radius 3 is 2.00 bits per heavy atom. The van der Waals surface area contributed by atoms with Crippen LogP contribution in [0.5, 0.6) is 5.75 Å². The van der Waals surface area contributed by atoms with Crippen LogP contribution in [0.2, 0.25) is 0 Å². The molecule has 130 valence electrons. The van der Waals surface area contributed by atoms with Gasteiger partial charge in [0.1, 0.15) is 5.75 Å². The van der Waals surface area contributed by atoms with Gasteiger partial charge in [0.15, 0.2) is 0 Å². The highest BCUT2D eigenvalue weighted by atomic mass is 16.5. The number of ether oxygens (including phenoxy) is 1. The lowest BCUT2D eigenvalue weighted by molar-refractivity contribution is 0.0746. The van der Waals surface area contributed by atoms with Crippen LogP contribution < -0.4 is 4.74 Å². The molecule has 0 saturated heterocycles. The maximum Gasteiger partial charge on any atom is 0.257 e. The van der Waals surface area contributed by atoms with Crippen molar-refractivity contribution >= 4 is 5.91 Å². The number of para-hydroxylation sites is 1. The Morgan fingerprint density at radius 1 is 0.913 bits per heavy atom. The first-order chi connectivity index (χ1) is 11.2. The van der Waals surface area contributed by atoms with Gasteiger partial charge in [-0.1, -0.05) is 64.5 Å². The normalized spacial score (nSPS) is 10.6. The molecule has 3 heteroatoms. The van der Waals surface area contributed by atoms with Crippen molar-refractivity contribution in [2.75, 3.05) is 20.2 Å². The number of benzene rings is 1. The number of unbranched alkanes of at least 4 members (excludes halogenated alkanes) is 6. The van der Waals surface area contributed by atoms with Gasteiger partial charge in [0, 0.05) is 13.1 Å². The zero-order valence-corrected chi connectivity index (χ0v) is 15.1. The third kappa shape index (κ3) is 7.06. The van der Waals surface area contributed by atoms with Gasteiger partial charge < -0.3 is 9.64 Å². The molecule has 3 nitrogen and oxygen atoms in total. The minimum atomic E-state index is 0.107. The van der Waals surface area contributed by atoms with Crippen LogP contribution >= 0.6 is 0 Å². The molecule has 0 aromatic heterocycles. The topological polar surface area (TPSA) is 29.5 Å². The van der Waals surface area contributed by atoms with Gasteiger partial charge in [-0.25, -0.2) is 0 Å². The van der Waals surface area contributed by atoms with Gasteiger partial charge in [-0.15, -0.1) is 0 Å². The Labute approximate surface area is 142 Å². The molecule has 0 saturated carbocycles. The molecular weight excluding hydrogens is 286 g/mol. The van der Waals surface area contributed by atoms with Crippen molar-refractivity contribution in [3.05, 3.63) is 29.8 Å². The van der Waals surface area contributed by atoms with Crippen molar-refractivity contribution in [3.8, 4) is 5.75 Å². The lowest BCUT2D eigenvalue weighted by Crippen LogP contribution is -2.33. The first-order valence-electron chi connectivity index (χ1n) is 9.16. The quantitative estimate of drug-likeness (QED) is 0.489. The van der Waals surface area contributed by atoms with E-state index in [-0.39, 0.29) is 5.91 Å². The zero-order chi connectivity index (χ0) is 16.9. The van der Waals surface area contributed by atoms with E-state index in [1.807, 2.05) is 29.2 Å². The van der Waals surface area contributed by atoms with E-state index in [0.29, 0.717) is 11.3 Å². The summed E-state index contributed by atoms with van der Waals surface area (Å²) in [5.41, 5.74) is 0.681. The summed E-state index contributed by atoms with van der Waals surface area (Å²) < 4.78 is 5.36. The summed E-state index contributed by atoms with van der Waals surface area (Å²) in [6.07, 6.45) is 9.49. The predicted molar refractivity (Wildman–Crippen MR) is 97.2 cm³/mol. The Bertz CT molecular complexity index is 433. The van der Waals surface area contributed by atoms with E-state index >= 15 is 0 Å². The lowest BCUT2D eigenvalue weighted by atomic mass is 10.1. The Balaban J connectivity index is 2.69. The van der Waals surface area contributed by atoms with E-state index in [4.69, 9.17) is 4.74 Å². The Kier molecular flexibility index (Phi) is 10.2. The summed E-state index contributed by atoms with van der Waals surface area (Å²) in [5.74, 6) is 0.778. The van der Waals surface area contributed by atoms with Crippen molar-refractivity contribution in [3.63, 3.8) is 0 Å². The number of carbonyl (C=O) groups excluding carboxylic acids is 1. The van der Waals surface area contributed by atoms with Crippen LogP contribution in [0, 0.1) is 0 Å². The number of carbonyl (C=O) groups is 1. The second-order valence-corrected chi connectivity index (χ2v) is 6.11. The molecular formula is C20H33NO2. The van der Waals surface area contributed by atoms with Crippen molar-refractivity contribution in [2.45, 2.75) is 65.2 Å². The van der Waals surface area contributed by atoms with Gasteiger partial charge in [0.2, 0.25) is 0 Å². The van der Waals surface area contributed by atoms with Crippen LogP contribution in [0.4, 0.5) is 0 Å². The van der Waals surface area contributed by atoms with E-state index < -0.39 is 0 Å². The fraction of sp³-hybridized carbons (Fsp3) is 0.650. The monoisotopic (exact) mass is 319 g/mol. The molecule has 1 rings (SSSR count).